The fourth-order valence-electron chi connectivity index (χ4n) is 3.21. The molecule has 4 rings (SSSR count). The lowest BCUT2D eigenvalue weighted by atomic mass is 10.1. The normalized spacial score (nSPS) is 12.4. The predicted molar refractivity (Wildman–Crippen MR) is 136 cm³/mol. The van der Waals surface area contributed by atoms with Crippen LogP contribution >= 0.6 is 0 Å². The standard InChI is InChI=1S/C25H22FN5O4S/c1-27-25(33)22-14-20(12-13-28-22)35-19-10-8-18(9-11-19)29-24(32)21-15-31(36(2,3)34)30-23(21)16-4-6-17(26)7-5-16/h4-15H,2H2,1,3H3,(H,27,33)(H,29,32). The highest BCUT2D eigenvalue weighted by atomic mass is 32.2. The van der Waals surface area contributed by atoms with Crippen molar-refractivity contribution in [2.45, 2.75) is 0 Å². The van der Waals surface area contributed by atoms with E-state index in [0.717, 1.165) is 4.09 Å². The van der Waals surface area contributed by atoms with Crippen LogP contribution in [-0.2, 0) is 9.71 Å². The summed E-state index contributed by atoms with van der Waals surface area (Å²) in [7, 11) is -1.26. The molecule has 2 amide bonds. The minimum absolute atomic E-state index is 0.152. The number of halogens is 1. The molecule has 2 aromatic carbocycles. The highest BCUT2D eigenvalue weighted by Gasteiger charge is 2.20. The third-order valence-electron chi connectivity index (χ3n) is 4.99. The smallest absolute Gasteiger partial charge is 0.269 e. The Balaban J connectivity index is 1.54. The Labute approximate surface area is 207 Å². The fraction of sp³-hybridized carbons (Fsp3) is 0.0800. The molecule has 0 aliphatic carbocycles. The van der Waals surface area contributed by atoms with E-state index in [4.69, 9.17) is 4.74 Å². The Bertz CT molecular complexity index is 1530. The lowest BCUT2D eigenvalue weighted by Crippen LogP contribution is -2.18. The van der Waals surface area contributed by atoms with Gasteiger partial charge in [-0.1, -0.05) is 0 Å². The molecule has 36 heavy (non-hydrogen) atoms. The first kappa shape index (κ1) is 24.6. The number of pyridine rings is 1. The summed E-state index contributed by atoms with van der Waals surface area (Å²) in [6, 6.07) is 15.2. The number of carbonyl (C=O) groups is 2. The summed E-state index contributed by atoms with van der Waals surface area (Å²) in [5.41, 5.74) is 1.57. The molecule has 2 heterocycles. The van der Waals surface area contributed by atoms with E-state index in [0.29, 0.717) is 22.7 Å². The van der Waals surface area contributed by atoms with Crippen LogP contribution in [0, 0.1) is 5.82 Å². The van der Waals surface area contributed by atoms with Crippen LogP contribution in [0.1, 0.15) is 20.8 Å². The van der Waals surface area contributed by atoms with Crippen LogP contribution in [-0.4, -0.2) is 49.4 Å². The van der Waals surface area contributed by atoms with Gasteiger partial charge in [0.05, 0.1) is 21.5 Å². The molecule has 0 spiro atoms. The van der Waals surface area contributed by atoms with Crippen LogP contribution < -0.4 is 15.4 Å². The SMILES string of the molecule is C=S(C)(=O)n1cc(C(=O)Nc2ccc(Oc3ccnc(C(=O)NC)c3)cc2)c(-c2ccc(F)cc2)n1. The maximum absolute atomic E-state index is 13.4. The van der Waals surface area contributed by atoms with E-state index in [1.807, 2.05) is 0 Å². The number of rotatable bonds is 7. The van der Waals surface area contributed by atoms with E-state index >= 15 is 0 Å². The molecule has 4 aromatic rings. The number of hydrogen-bond donors (Lipinski definition) is 2. The molecular formula is C25H22FN5O4S. The molecule has 0 aliphatic rings. The van der Waals surface area contributed by atoms with Crippen molar-refractivity contribution < 1.29 is 22.9 Å². The zero-order valence-corrected chi connectivity index (χ0v) is 20.2. The molecule has 0 saturated heterocycles. The van der Waals surface area contributed by atoms with Crippen LogP contribution in [0.25, 0.3) is 11.3 Å². The van der Waals surface area contributed by atoms with Crippen molar-refractivity contribution in [3.63, 3.8) is 0 Å². The molecule has 9 nitrogen and oxygen atoms in total. The van der Waals surface area contributed by atoms with Crippen molar-refractivity contribution in [2.75, 3.05) is 18.6 Å². The first-order valence-electron chi connectivity index (χ1n) is 10.6. The molecule has 1 unspecified atom stereocenters. The van der Waals surface area contributed by atoms with E-state index in [1.54, 1.807) is 30.3 Å². The average molecular weight is 508 g/mol. The quantitative estimate of drug-likeness (QED) is 0.370. The van der Waals surface area contributed by atoms with Gasteiger partial charge in [0.25, 0.3) is 11.8 Å². The minimum Gasteiger partial charge on any atom is -0.457 e. The second kappa shape index (κ2) is 10.0. The van der Waals surface area contributed by atoms with Gasteiger partial charge in [-0.25, -0.2) is 8.60 Å². The Hall–Kier alpha value is -4.51. The molecule has 2 N–H and O–H groups in total. The lowest BCUT2D eigenvalue weighted by molar-refractivity contribution is 0.0957. The van der Waals surface area contributed by atoms with Gasteiger partial charge >= 0.3 is 0 Å². The number of amides is 2. The van der Waals surface area contributed by atoms with Crippen LogP contribution in [0.3, 0.4) is 0 Å². The highest BCUT2D eigenvalue weighted by Crippen LogP contribution is 2.26. The Morgan fingerprint density at radius 2 is 1.72 bits per heavy atom. The van der Waals surface area contributed by atoms with E-state index in [-0.39, 0.29) is 22.9 Å². The first-order valence-corrected chi connectivity index (χ1v) is 12.7. The van der Waals surface area contributed by atoms with Gasteiger partial charge in [0.15, 0.2) is 0 Å². The van der Waals surface area contributed by atoms with Crippen molar-refractivity contribution in [3.8, 4) is 22.8 Å². The maximum atomic E-state index is 13.4. The van der Waals surface area contributed by atoms with E-state index in [2.05, 4.69) is 26.6 Å². The minimum atomic E-state index is -2.77. The molecule has 0 fully saturated rings. The summed E-state index contributed by atoms with van der Waals surface area (Å²) in [6.07, 6.45) is 4.22. The summed E-state index contributed by atoms with van der Waals surface area (Å²) in [5, 5.41) is 9.54. The number of ether oxygens (including phenoxy) is 1. The van der Waals surface area contributed by atoms with Gasteiger partial charge < -0.3 is 15.4 Å². The highest BCUT2D eigenvalue weighted by molar-refractivity contribution is 7.98. The van der Waals surface area contributed by atoms with E-state index in [1.165, 1.54) is 56.0 Å². The number of anilines is 1. The Kier molecular flexibility index (Phi) is 6.84. The van der Waals surface area contributed by atoms with Gasteiger partial charge in [0.2, 0.25) is 0 Å². The van der Waals surface area contributed by atoms with Crippen molar-refractivity contribution in [3.05, 3.63) is 90.1 Å². The molecule has 0 radical (unpaired) electrons. The van der Waals surface area contributed by atoms with Crippen LogP contribution in [0.2, 0.25) is 0 Å². The number of hydrogen-bond acceptors (Lipinski definition) is 6. The molecule has 2 aromatic heterocycles. The van der Waals surface area contributed by atoms with Crippen molar-refractivity contribution >= 4 is 33.1 Å². The third-order valence-corrected chi connectivity index (χ3v) is 5.97. The van der Waals surface area contributed by atoms with Crippen LogP contribution in [0.15, 0.2) is 73.1 Å². The second-order valence-corrected chi connectivity index (χ2v) is 10.1. The second-order valence-electron chi connectivity index (χ2n) is 7.80. The number of nitrogens with one attached hydrogen (secondary N) is 2. The molecule has 1 atom stereocenters. The monoisotopic (exact) mass is 507 g/mol. The molecular weight excluding hydrogens is 485 g/mol. The predicted octanol–water partition coefficient (Wildman–Crippen LogP) is 3.60. The van der Waals surface area contributed by atoms with Gasteiger partial charge in [-0.05, 0) is 60.5 Å². The number of carbonyl (C=O) groups excluding carboxylic acids is 2. The molecule has 0 aliphatic heterocycles. The van der Waals surface area contributed by atoms with Crippen molar-refractivity contribution in [1.82, 2.24) is 19.5 Å². The van der Waals surface area contributed by atoms with Crippen molar-refractivity contribution in [2.24, 2.45) is 0 Å². The fourth-order valence-corrected chi connectivity index (χ4v) is 3.79. The summed E-state index contributed by atoms with van der Waals surface area (Å²) < 4.78 is 32.7. The average Bonchev–Trinajstić information content (AvgIpc) is 3.32. The summed E-state index contributed by atoms with van der Waals surface area (Å²) in [5.74, 6) is 3.24. The molecule has 0 bridgehead atoms. The van der Waals surface area contributed by atoms with Gasteiger partial charge in [-0.15, -0.1) is 0 Å². The van der Waals surface area contributed by atoms with Gasteiger partial charge in [0.1, 0.15) is 28.7 Å². The van der Waals surface area contributed by atoms with E-state index in [9.17, 15) is 18.2 Å². The largest absolute Gasteiger partial charge is 0.457 e. The molecule has 11 heteroatoms. The van der Waals surface area contributed by atoms with Gasteiger partial charge in [-0.2, -0.15) is 9.19 Å². The lowest BCUT2D eigenvalue weighted by Gasteiger charge is -2.09. The van der Waals surface area contributed by atoms with Gasteiger partial charge in [0, 0.05) is 36.8 Å². The number of benzene rings is 2. The number of nitrogens with zero attached hydrogens (tertiary/aromatic N) is 3. The van der Waals surface area contributed by atoms with Gasteiger partial charge in [-0.3, -0.25) is 14.6 Å². The molecule has 0 saturated carbocycles. The summed E-state index contributed by atoms with van der Waals surface area (Å²) in [6.45, 7) is 0. The Morgan fingerprint density at radius 3 is 2.36 bits per heavy atom. The summed E-state index contributed by atoms with van der Waals surface area (Å²) in [4.78, 5) is 28.8. The van der Waals surface area contributed by atoms with Crippen molar-refractivity contribution in [1.29, 1.82) is 0 Å². The topological polar surface area (TPSA) is 115 Å². The maximum Gasteiger partial charge on any atom is 0.269 e. The zero-order chi connectivity index (χ0) is 25.9. The zero-order valence-electron chi connectivity index (χ0n) is 19.4. The Morgan fingerprint density at radius 1 is 1.03 bits per heavy atom. The first-order chi connectivity index (χ1) is 17.1. The molecule has 184 valence electrons. The third kappa shape index (κ3) is 5.58. The summed E-state index contributed by atoms with van der Waals surface area (Å²) >= 11 is 0. The van der Waals surface area contributed by atoms with Crippen LogP contribution in [0.4, 0.5) is 10.1 Å². The van der Waals surface area contributed by atoms with Crippen LogP contribution in [0.5, 0.6) is 11.5 Å². The van der Waals surface area contributed by atoms with E-state index < -0.39 is 21.4 Å². The number of aromatic nitrogens is 3.